The number of morpholine rings is 1. The van der Waals surface area contributed by atoms with Crippen LogP contribution in [0.1, 0.15) is 12.0 Å². The summed E-state index contributed by atoms with van der Waals surface area (Å²) in [6.45, 7) is 3.72. The lowest BCUT2D eigenvalue weighted by molar-refractivity contribution is -0.137. The van der Waals surface area contributed by atoms with Gasteiger partial charge in [0.15, 0.2) is 0 Å². The first-order chi connectivity index (χ1) is 11.2. The predicted octanol–water partition coefficient (Wildman–Crippen LogP) is 2.36. The maximum absolute atomic E-state index is 12.8. The maximum atomic E-state index is 12.8. The molecule has 1 aromatic rings. The molecule has 1 aliphatic rings. The molecule has 2 rings (SSSR count). The smallest absolute Gasteiger partial charge is 0.379 e. The van der Waals surface area contributed by atoms with Crippen LogP contribution in [0.4, 0.5) is 13.2 Å². The molecular formula is C14H18ClF3N2O3S. The molecule has 0 bridgehead atoms. The number of alkyl halides is 3. The van der Waals surface area contributed by atoms with Gasteiger partial charge in [0.25, 0.3) is 0 Å². The van der Waals surface area contributed by atoms with Gasteiger partial charge in [0.1, 0.15) is 0 Å². The van der Waals surface area contributed by atoms with Crippen LogP contribution in [0.25, 0.3) is 0 Å². The number of halogens is 4. The largest absolute Gasteiger partial charge is 0.417 e. The van der Waals surface area contributed by atoms with Crippen LogP contribution >= 0.6 is 11.6 Å². The second kappa shape index (κ2) is 8.01. The van der Waals surface area contributed by atoms with Gasteiger partial charge in [-0.3, -0.25) is 4.90 Å². The SMILES string of the molecule is O=S(=O)(NCCCN1CCOCC1)c1ccc(Cl)c(C(F)(F)F)c1. The van der Waals surface area contributed by atoms with Crippen LogP contribution in [0.15, 0.2) is 23.1 Å². The molecule has 5 nitrogen and oxygen atoms in total. The van der Waals surface area contributed by atoms with Crippen LogP contribution in [0.2, 0.25) is 5.02 Å². The molecule has 1 heterocycles. The highest BCUT2D eigenvalue weighted by Crippen LogP contribution is 2.35. The van der Waals surface area contributed by atoms with Crippen molar-refractivity contribution in [1.29, 1.82) is 0 Å². The van der Waals surface area contributed by atoms with Crippen LogP contribution < -0.4 is 4.72 Å². The predicted molar refractivity (Wildman–Crippen MR) is 83.5 cm³/mol. The van der Waals surface area contributed by atoms with E-state index in [0.29, 0.717) is 32.2 Å². The first-order valence-electron chi connectivity index (χ1n) is 7.37. The number of hydrogen-bond acceptors (Lipinski definition) is 4. The van der Waals surface area contributed by atoms with Crippen molar-refractivity contribution >= 4 is 21.6 Å². The lowest BCUT2D eigenvalue weighted by Crippen LogP contribution is -2.38. The second-order valence-electron chi connectivity index (χ2n) is 5.34. The van der Waals surface area contributed by atoms with Crippen molar-refractivity contribution in [3.05, 3.63) is 28.8 Å². The van der Waals surface area contributed by atoms with Gasteiger partial charge < -0.3 is 4.74 Å². The number of ether oxygens (including phenoxy) is 1. The summed E-state index contributed by atoms with van der Waals surface area (Å²) in [5, 5.41) is -0.534. The second-order valence-corrected chi connectivity index (χ2v) is 7.52. The van der Waals surface area contributed by atoms with Crippen LogP contribution in [-0.4, -0.2) is 52.7 Å². The van der Waals surface area contributed by atoms with Gasteiger partial charge in [-0.2, -0.15) is 13.2 Å². The summed E-state index contributed by atoms with van der Waals surface area (Å²) in [4.78, 5) is 1.69. The van der Waals surface area contributed by atoms with E-state index in [4.69, 9.17) is 16.3 Å². The summed E-state index contributed by atoms with van der Waals surface area (Å²) in [5.74, 6) is 0. The van der Waals surface area contributed by atoms with Crippen LogP contribution in [0.5, 0.6) is 0 Å². The molecule has 1 N–H and O–H groups in total. The molecular weight excluding hydrogens is 369 g/mol. The highest BCUT2D eigenvalue weighted by Gasteiger charge is 2.34. The van der Waals surface area contributed by atoms with Crippen molar-refractivity contribution in [3.63, 3.8) is 0 Å². The molecule has 0 amide bonds. The Bertz CT molecular complexity index is 662. The van der Waals surface area contributed by atoms with Crippen LogP contribution in [0, 0.1) is 0 Å². The Morgan fingerprint density at radius 1 is 1.25 bits per heavy atom. The van der Waals surface area contributed by atoms with E-state index in [-0.39, 0.29) is 6.54 Å². The van der Waals surface area contributed by atoms with Crippen molar-refractivity contribution in [2.24, 2.45) is 0 Å². The Kier molecular flexibility index (Phi) is 6.49. The quantitative estimate of drug-likeness (QED) is 0.762. The molecule has 1 aromatic carbocycles. The fraction of sp³-hybridized carbons (Fsp3) is 0.571. The van der Waals surface area contributed by atoms with Gasteiger partial charge in [-0.25, -0.2) is 13.1 Å². The number of benzene rings is 1. The third kappa shape index (κ3) is 5.32. The van der Waals surface area contributed by atoms with Gasteiger partial charge >= 0.3 is 6.18 Å². The van der Waals surface area contributed by atoms with Gasteiger partial charge in [-0.05, 0) is 31.2 Å². The first kappa shape index (κ1) is 19.5. The summed E-state index contributed by atoms with van der Waals surface area (Å²) in [7, 11) is -4.01. The van der Waals surface area contributed by atoms with E-state index >= 15 is 0 Å². The fourth-order valence-corrected chi connectivity index (χ4v) is 3.63. The summed E-state index contributed by atoms with van der Waals surface area (Å²) < 4.78 is 70.2. The minimum absolute atomic E-state index is 0.143. The molecule has 0 saturated carbocycles. The molecule has 0 spiro atoms. The lowest BCUT2D eigenvalue weighted by Gasteiger charge is -2.26. The fourth-order valence-electron chi connectivity index (χ4n) is 2.31. The number of sulfonamides is 1. The van der Waals surface area contributed by atoms with Crippen LogP contribution in [0.3, 0.4) is 0 Å². The molecule has 136 valence electrons. The molecule has 1 fully saturated rings. The Morgan fingerprint density at radius 3 is 2.54 bits per heavy atom. The van der Waals surface area contributed by atoms with Crippen molar-refractivity contribution in [2.75, 3.05) is 39.4 Å². The molecule has 0 aliphatic carbocycles. The zero-order valence-electron chi connectivity index (χ0n) is 12.8. The van der Waals surface area contributed by atoms with E-state index in [1.165, 1.54) is 0 Å². The minimum Gasteiger partial charge on any atom is -0.379 e. The van der Waals surface area contributed by atoms with Crippen LogP contribution in [-0.2, 0) is 20.9 Å². The van der Waals surface area contributed by atoms with E-state index in [9.17, 15) is 21.6 Å². The molecule has 1 aliphatic heterocycles. The van der Waals surface area contributed by atoms with Crippen molar-refractivity contribution in [3.8, 4) is 0 Å². The monoisotopic (exact) mass is 386 g/mol. The van der Waals surface area contributed by atoms with Crippen molar-refractivity contribution < 1.29 is 26.3 Å². The third-order valence-corrected chi connectivity index (χ3v) is 5.39. The molecule has 0 radical (unpaired) electrons. The Balaban J connectivity index is 1.95. The van der Waals surface area contributed by atoms with Gasteiger partial charge in [0.05, 0.1) is 28.7 Å². The Labute approximate surface area is 143 Å². The van der Waals surface area contributed by atoms with E-state index in [1.807, 2.05) is 0 Å². The molecule has 10 heteroatoms. The van der Waals surface area contributed by atoms with E-state index in [1.54, 1.807) is 0 Å². The number of nitrogens with one attached hydrogen (secondary N) is 1. The summed E-state index contributed by atoms with van der Waals surface area (Å²) in [5.41, 5.74) is -1.17. The zero-order chi connectivity index (χ0) is 17.8. The van der Waals surface area contributed by atoms with E-state index < -0.39 is 31.7 Å². The third-order valence-electron chi connectivity index (χ3n) is 3.60. The highest BCUT2D eigenvalue weighted by atomic mass is 35.5. The summed E-state index contributed by atoms with van der Waals surface area (Å²) in [6, 6.07) is 2.54. The van der Waals surface area contributed by atoms with Crippen molar-refractivity contribution in [1.82, 2.24) is 9.62 Å². The molecule has 24 heavy (non-hydrogen) atoms. The topological polar surface area (TPSA) is 58.6 Å². The Hall–Kier alpha value is -0.870. The molecule has 1 saturated heterocycles. The van der Waals surface area contributed by atoms with Crippen molar-refractivity contribution in [2.45, 2.75) is 17.5 Å². The van der Waals surface area contributed by atoms with Gasteiger partial charge in [0.2, 0.25) is 10.0 Å². The first-order valence-corrected chi connectivity index (χ1v) is 9.23. The van der Waals surface area contributed by atoms with E-state index in [0.717, 1.165) is 25.2 Å². The molecule has 0 unspecified atom stereocenters. The maximum Gasteiger partial charge on any atom is 0.417 e. The number of hydrogen-bond donors (Lipinski definition) is 1. The lowest BCUT2D eigenvalue weighted by atomic mass is 10.2. The molecule has 0 atom stereocenters. The minimum atomic E-state index is -4.71. The normalized spacial score (nSPS) is 17.2. The summed E-state index contributed by atoms with van der Waals surface area (Å²) >= 11 is 5.49. The number of nitrogens with zero attached hydrogens (tertiary/aromatic N) is 1. The zero-order valence-corrected chi connectivity index (χ0v) is 14.3. The van der Waals surface area contributed by atoms with Gasteiger partial charge in [-0.15, -0.1) is 0 Å². The standard InChI is InChI=1S/C14H18ClF3N2O3S/c15-13-3-2-11(10-12(13)14(16,17)18)24(21,22)19-4-1-5-20-6-8-23-9-7-20/h2-3,10,19H,1,4-9H2. The van der Waals surface area contributed by atoms with Gasteiger partial charge in [0, 0.05) is 19.6 Å². The van der Waals surface area contributed by atoms with E-state index in [2.05, 4.69) is 9.62 Å². The Morgan fingerprint density at radius 2 is 1.92 bits per heavy atom. The molecule has 0 aromatic heterocycles. The average molecular weight is 387 g/mol. The van der Waals surface area contributed by atoms with Gasteiger partial charge in [-0.1, -0.05) is 11.6 Å². The highest BCUT2D eigenvalue weighted by molar-refractivity contribution is 7.89. The summed E-state index contributed by atoms with van der Waals surface area (Å²) in [6.07, 6.45) is -4.15. The average Bonchev–Trinajstić information content (AvgIpc) is 2.52. The number of rotatable bonds is 6.